The number of aryl methyl sites for hydroxylation is 1. The minimum Gasteiger partial charge on any atom is -0.506 e. The molecule has 0 bridgehead atoms. The molecule has 0 saturated heterocycles. The van der Waals surface area contributed by atoms with Gasteiger partial charge in [-0.05, 0) is 42.7 Å². The van der Waals surface area contributed by atoms with Gasteiger partial charge in [0, 0.05) is 5.56 Å². The summed E-state index contributed by atoms with van der Waals surface area (Å²) in [5, 5.41) is 22.0. The minimum atomic E-state index is -0.358. The Hall–Kier alpha value is -2.49. The van der Waals surface area contributed by atoms with E-state index in [4.69, 9.17) is 0 Å². The Morgan fingerprint density at radius 1 is 0.880 bits per heavy atom. The smallest absolute Gasteiger partial charge is 0.255 e. The van der Waals surface area contributed by atoms with Crippen molar-refractivity contribution in [1.29, 1.82) is 0 Å². The molecule has 2 aromatic rings. The van der Waals surface area contributed by atoms with Gasteiger partial charge >= 0.3 is 0 Å². The van der Waals surface area contributed by atoms with Gasteiger partial charge in [-0.2, -0.15) is 0 Å². The van der Waals surface area contributed by atoms with Crippen molar-refractivity contribution in [3.63, 3.8) is 0 Å². The number of anilines is 1. The van der Waals surface area contributed by atoms with E-state index in [1.807, 2.05) is 12.1 Å². The topological polar surface area (TPSA) is 69.6 Å². The first kappa shape index (κ1) is 18.8. The summed E-state index contributed by atoms with van der Waals surface area (Å²) in [6.07, 6.45) is 8.62. The Bertz CT molecular complexity index is 660. The molecule has 0 saturated carbocycles. The lowest BCUT2D eigenvalue weighted by Gasteiger charge is -2.09. The van der Waals surface area contributed by atoms with Gasteiger partial charge in [-0.25, -0.2) is 0 Å². The van der Waals surface area contributed by atoms with Crippen LogP contribution in [0, 0.1) is 0 Å². The number of carbonyl (C=O) groups excluding carboxylic acids is 1. The largest absolute Gasteiger partial charge is 0.506 e. The van der Waals surface area contributed by atoms with Crippen LogP contribution in [0.2, 0.25) is 0 Å². The summed E-state index contributed by atoms with van der Waals surface area (Å²) in [6.45, 7) is 2.22. The van der Waals surface area contributed by atoms with Gasteiger partial charge in [0.1, 0.15) is 17.2 Å². The molecule has 0 spiro atoms. The van der Waals surface area contributed by atoms with Crippen molar-refractivity contribution in [2.24, 2.45) is 0 Å². The predicted octanol–water partition coefficient (Wildman–Crippen LogP) is 5.25. The molecule has 4 nitrogen and oxygen atoms in total. The first-order valence-corrected chi connectivity index (χ1v) is 9.03. The van der Waals surface area contributed by atoms with Crippen molar-refractivity contribution >= 4 is 11.6 Å². The Morgan fingerprint density at radius 3 is 2.12 bits per heavy atom. The van der Waals surface area contributed by atoms with Gasteiger partial charge in [-0.1, -0.05) is 57.2 Å². The molecular formula is C21H27NO3. The fourth-order valence-electron chi connectivity index (χ4n) is 2.77. The van der Waals surface area contributed by atoms with Crippen LogP contribution in [0.25, 0.3) is 0 Å². The lowest BCUT2D eigenvalue weighted by Crippen LogP contribution is -2.12. The SMILES string of the molecule is CCCCCCCCc1ccc(C(=O)Nc2c(O)cccc2O)cc1. The molecule has 0 aliphatic carbocycles. The fraction of sp³-hybridized carbons (Fsp3) is 0.381. The molecule has 2 aromatic carbocycles. The number of hydrogen-bond acceptors (Lipinski definition) is 3. The Kier molecular flexibility index (Phi) is 7.33. The highest BCUT2D eigenvalue weighted by Crippen LogP contribution is 2.32. The monoisotopic (exact) mass is 341 g/mol. The zero-order valence-electron chi connectivity index (χ0n) is 14.8. The Morgan fingerprint density at radius 2 is 1.48 bits per heavy atom. The first-order chi connectivity index (χ1) is 12.1. The number of para-hydroxylation sites is 1. The molecule has 0 aliphatic rings. The average molecular weight is 341 g/mol. The summed E-state index contributed by atoms with van der Waals surface area (Å²) in [5.41, 5.74) is 1.75. The molecule has 2 rings (SSSR count). The number of rotatable bonds is 9. The van der Waals surface area contributed by atoms with Crippen LogP contribution in [-0.4, -0.2) is 16.1 Å². The van der Waals surface area contributed by atoms with Crippen LogP contribution in [0.5, 0.6) is 11.5 Å². The van der Waals surface area contributed by atoms with E-state index in [0.29, 0.717) is 5.56 Å². The number of carbonyl (C=O) groups is 1. The minimum absolute atomic E-state index is 0.0312. The number of amides is 1. The third-order valence-electron chi connectivity index (χ3n) is 4.29. The van der Waals surface area contributed by atoms with Gasteiger partial charge in [0.2, 0.25) is 0 Å². The molecule has 0 aromatic heterocycles. The van der Waals surface area contributed by atoms with Crippen molar-refractivity contribution in [3.05, 3.63) is 53.6 Å². The normalized spacial score (nSPS) is 10.6. The van der Waals surface area contributed by atoms with Gasteiger partial charge in [-0.15, -0.1) is 0 Å². The molecule has 4 heteroatoms. The van der Waals surface area contributed by atoms with Crippen molar-refractivity contribution < 1.29 is 15.0 Å². The van der Waals surface area contributed by atoms with Crippen LogP contribution in [-0.2, 0) is 6.42 Å². The maximum absolute atomic E-state index is 12.3. The summed E-state index contributed by atoms with van der Waals surface area (Å²) in [4.78, 5) is 12.3. The van der Waals surface area contributed by atoms with E-state index >= 15 is 0 Å². The highest BCUT2D eigenvalue weighted by molar-refractivity contribution is 6.05. The zero-order chi connectivity index (χ0) is 18.1. The van der Waals surface area contributed by atoms with Crippen molar-refractivity contribution in [3.8, 4) is 11.5 Å². The number of nitrogens with one attached hydrogen (secondary N) is 1. The quantitative estimate of drug-likeness (QED) is 0.431. The van der Waals surface area contributed by atoms with Gasteiger partial charge in [-0.3, -0.25) is 4.79 Å². The van der Waals surface area contributed by atoms with E-state index in [1.165, 1.54) is 62.3 Å². The maximum Gasteiger partial charge on any atom is 0.255 e. The molecule has 0 radical (unpaired) electrons. The van der Waals surface area contributed by atoms with E-state index in [-0.39, 0.29) is 23.1 Å². The summed E-state index contributed by atoms with van der Waals surface area (Å²) in [6, 6.07) is 11.8. The van der Waals surface area contributed by atoms with Crippen LogP contribution in [0.3, 0.4) is 0 Å². The van der Waals surface area contributed by atoms with Gasteiger partial charge < -0.3 is 15.5 Å². The summed E-state index contributed by atoms with van der Waals surface area (Å²) >= 11 is 0. The Labute approximate surface area is 149 Å². The third-order valence-corrected chi connectivity index (χ3v) is 4.29. The van der Waals surface area contributed by atoms with Crippen LogP contribution < -0.4 is 5.32 Å². The number of unbranched alkanes of at least 4 members (excludes halogenated alkanes) is 5. The van der Waals surface area contributed by atoms with Gasteiger partial charge in [0.15, 0.2) is 0 Å². The number of aromatic hydroxyl groups is 2. The van der Waals surface area contributed by atoms with E-state index in [1.54, 1.807) is 12.1 Å². The number of benzene rings is 2. The molecule has 3 N–H and O–H groups in total. The Balaban J connectivity index is 1.86. The van der Waals surface area contributed by atoms with Crippen molar-refractivity contribution in [2.75, 3.05) is 5.32 Å². The third kappa shape index (κ3) is 5.82. The second-order valence-electron chi connectivity index (χ2n) is 6.34. The molecule has 0 unspecified atom stereocenters. The molecule has 0 fully saturated rings. The van der Waals surface area contributed by atoms with E-state index in [2.05, 4.69) is 12.2 Å². The summed E-state index contributed by atoms with van der Waals surface area (Å²) < 4.78 is 0. The van der Waals surface area contributed by atoms with Gasteiger partial charge in [0.25, 0.3) is 5.91 Å². The van der Waals surface area contributed by atoms with Crippen LogP contribution in [0.4, 0.5) is 5.69 Å². The van der Waals surface area contributed by atoms with E-state index in [0.717, 1.165) is 6.42 Å². The fourth-order valence-corrected chi connectivity index (χ4v) is 2.77. The lowest BCUT2D eigenvalue weighted by atomic mass is 10.0. The van der Waals surface area contributed by atoms with Crippen LogP contribution in [0.1, 0.15) is 61.4 Å². The first-order valence-electron chi connectivity index (χ1n) is 9.03. The van der Waals surface area contributed by atoms with Crippen molar-refractivity contribution in [2.45, 2.75) is 51.9 Å². The molecule has 0 heterocycles. The predicted molar refractivity (Wildman–Crippen MR) is 101 cm³/mol. The average Bonchev–Trinajstić information content (AvgIpc) is 2.61. The second-order valence-corrected chi connectivity index (χ2v) is 6.34. The van der Waals surface area contributed by atoms with Crippen LogP contribution in [0.15, 0.2) is 42.5 Å². The summed E-state index contributed by atoms with van der Waals surface area (Å²) in [5.74, 6) is -0.677. The van der Waals surface area contributed by atoms with E-state index < -0.39 is 0 Å². The highest BCUT2D eigenvalue weighted by atomic mass is 16.3. The highest BCUT2D eigenvalue weighted by Gasteiger charge is 2.12. The number of hydrogen-bond donors (Lipinski definition) is 3. The molecular weight excluding hydrogens is 314 g/mol. The molecule has 134 valence electrons. The van der Waals surface area contributed by atoms with Gasteiger partial charge in [0.05, 0.1) is 0 Å². The van der Waals surface area contributed by atoms with E-state index in [9.17, 15) is 15.0 Å². The maximum atomic E-state index is 12.3. The lowest BCUT2D eigenvalue weighted by molar-refractivity contribution is 0.102. The van der Waals surface area contributed by atoms with Crippen LogP contribution >= 0.6 is 0 Å². The molecule has 1 amide bonds. The molecule has 0 aliphatic heterocycles. The van der Waals surface area contributed by atoms with Crippen molar-refractivity contribution in [1.82, 2.24) is 0 Å². The summed E-state index contributed by atoms with van der Waals surface area (Å²) in [7, 11) is 0. The second kappa shape index (κ2) is 9.72. The number of phenols is 2. The molecule has 25 heavy (non-hydrogen) atoms. The molecule has 0 atom stereocenters. The number of phenolic OH excluding ortho intramolecular Hbond substituents is 2. The zero-order valence-corrected chi connectivity index (χ0v) is 14.8. The standard InChI is InChI=1S/C21H27NO3/c1-2-3-4-5-6-7-9-16-12-14-17(15-13-16)21(25)22-20-18(23)10-8-11-19(20)24/h8,10-15,23-24H,2-7,9H2,1H3,(H,22,25).